The third kappa shape index (κ3) is 9.21. The van der Waals surface area contributed by atoms with Gasteiger partial charge in [-0.2, -0.15) is 11.8 Å². The fourth-order valence-electron chi connectivity index (χ4n) is 1.62. The first kappa shape index (κ1) is 18.6. The number of halogens is 1. The molecule has 1 aromatic heterocycles. The van der Waals surface area contributed by atoms with Crippen LogP contribution in [0.2, 0.25) is 0 Å². The Bertz CT molecular complexity index is 327. The standard InChI is InChI=1S/C13H24N4S.HI/c1-14-13(15-7-3-6-12-18-2)16-8-11-17-9-4-5-10-17;/h4-5,9-10H,3,6-8,11-12H2,1-2H3,(H2,14,15,16);1H. The van der Waals surface area contributed by atoms with E-state index in [2.05, 4.69) is 38.8 Å². The number of hydrogen-bond donors (Lipinski definition) is 2. The summed E-state index contributed by atoms with van der Waals surface area (Å²) in [6.07, 6.45) is 8.74. The van der Waals surface area contributed by atoms with E-state index in [4.69, 9.17) is 0 Å². The number of rotatable bonds is 8. The second kappa shape index (κ2) is 12.7. The molecule has 0 aliphatic heterocycles. The first-order chi connectivity index (χ1) is 8.86. The summed E-state index contributed by atoms with van der Waals surface area (Å²) in [5, 5.41) is 6.64. The minimum atomic E-state index is 0. The highest BCUT2D eigenvalue weighted by molar-refractivity contribution is 14.0. The van der Waals surface area contributed by atoms with Crippen LogP contribution in [0.5, 0.6) is 0 Å². The second-order valence-corrected chi connectivity index (χ2v) is 5.03. The van der Waals surface area contributed by atoms with Gasteiger partial charge in [-0.3, -0.25) is 4.99 Å². The van der Waals surface area contributed by atoms with Gasteiger partial charge in [0, 0.05) is 39.1 Å². The molecule has 1 heterocycles. The van der Waals surface area contributed by atoms with Crippen molar-refractivity contribution < 1.29 is 0 Å². The van der Waals surface area contributed by atoms with E-state index in [1.807, 2.05) is 30.9 Å². The minimum absolute atomic E-state index is 0. The van der Waals surface area contributed by atoms with Gasteiger partial charge in [-0.25, -0.2) is 0 Å². The van der Waals surface area contributed by atoms with Gasteiger partial charge in [0.25, 0.3) is 0 Å². The van der Waals surface area contributed by atoms with E-state index >= 15 is 0 Å². The number of guanidine groups is 1. The molecule has 0 spiro atoms. The molecule has 0 fully saturated rings. The van der Waals surface area contributed by atoms with Gasteiger partial charge < -0.3 is 15.2 Å². The fourth-order valence-corrected chi connectivity index (χ4v) is 2.11. The zero-order valence-electron chi connectivity index (χ0n) is 11.8. The van der Waals surface area contributed by atoms with Gasteiger partial charge in [0.2, 0.25) is 0 Å². The number of thioether (sulfide) groups is 1. The van der Waals surface area contributed by atoms with Crippen LogP contribution in [-0.4, -0.2) is 42.7 Å². The summed E-state index contributed by atoms with van der Waals surface area (Å²) in [6, 6.07) is 4.08. The van der Waals surface area contributed by atoms with E-state index in [0.29, 0.717) is 0 Å². The van der Waals surface area contributed by atoms with Crippen molar-refractivity contribution in [2.75, 3.05) is 32.1 Å². The van der Waals surface area contributed by atoms with Gasteiger partial charge in [0.1, 0.15) is 0 Å². The Morgan fingerprint density at radius 3 is 2.47 bits per heavy atom. The topological polar surface area (TPSA) is 41.4 Å². The summed E-state index contributed by atoms with van der Waals surface area (Å²) in [6.45, 7) is 2.84. The Labute approximate surface area is 137 Å². The molecule has 19 heavy (non-hydrogen) atoms. The molecule has 1 aromatic rings. The fraction of sp³-hybridized carbons (Fsp3) is 0.615. The molecule has 0 unspecified atom stereocenters. The average Bonchev–Trinajstić information content (AvgIpc) is 2.89. The van der Waals surface area contributed by atoms with Crippen molar-refractivity contribution in [3.05, 3.63) is 24.5 Å². The highest BCUT2D eigenvalue weighted by Crippen LogP contribution is 1.97. The van der Waals surface area contributed by atoms with Gasteiger partial charge >= 0.3 is 0 Å². The van der Waals surface area contributed by atoms with Gasteiger partial charge in [0.05, 0.1) is 0 Å². The number of aromatic nitrogens is 1. The van der Waals surface area contributed by atoms with Crippen molar-refractivity contribution in [3.63, 3.8) is 0 Å². The Hall–Kier alpha value is -0.370. The van der Waals surface area contributed by atoms with Gasteiger partial charge in [-0.1, -0.05) is 0 Å². The predicted molar refractivity (Wildman–Crippen MR) is 96.8 cm³/mol. The summed E-state index contributed by atoms with van der Waals surface area (Å²) in [7, 11) is 1.81. The molecular weight excluding hydrogens is 371 g/mol. The van der Waals surface area contributed by atoms with E-state index in [1.165, 1.54) is 18.6 Å². The van der Waals surface area contributed by atoms with Crippen LogP contribution >= 0.6 is 35.7 Å². The van der Waals surface area contributed by atoms with Crippen LogP contribution in [0.15, 0.2) is 29.5 Å². The van der Waals surface area contributed by atoms with Gasteiger partial charge in [-0.05, 0) is 37.0 Å². The predicted octanol–water partition coefficient (Wildman–Crippen LogP) is 2.41. The van der Waals surface area contributed by atoms with Crippen LogP contribution in [0.4, 0.5) is 0 Å². The van der Waals surface area contributed by atoms with Crippen molar-refractivity contribution >= 4 is 41.7 Å². The van der Waals surface area contributed by atoms with Crippen molar-refractivity contribution in [2.45, 2.75) is 19.4 Å². The molecule has 0 saturated heterocycles. The lowest BCUT2D eigenvalue weighted by Gasteiger charge is -2.12. The maximum atomic E-state index is 4.20. The molecule has 1 rings (SSSR count). The highest BCUT2D eigenvalue weighted by atomic mass is 127. The Morgan fingerprint density at radius 2 is 1.84 bits per heavy atom. The molecule has 0 aromatic carbocycles. The highest BCUT2D eigenvalue weighted by Gasteiger charge is 1.96. The molecule has 0 radical (unpaired) electrons. The Kier molecular flexibility index (Phi) is 12.4. The minimum Gasteiger partial charge on any atom is -0.356 e. The number of nitrogens with one attached hydrogen (secondary N) is 2. The first-order valence-corrected chi connectivity index (χ1v) is 7.80. The Balaban J connectivity index is 0.00000324. The van der Waals surface area contributed by atoms with Crippen molar-refractivity contribution in [1.29, 1.82) is 0 Å². The summed E-state index contributed by atoms with van der Waals surface area (Å²) in [5.74, 6) is 2.13. The van der Waals surface area contributed by atoms with Crippen LogP contribution in [0.3, 0.4) is 0 Å². The average molecular weight is 396 g/mol. The van der Waals surface area contributed by atoms with E-state index in [1.54, 1.807) is 0 Å². The maximum Gasteiger partial charge on any atom is 0.191 e. The number of nitrogens with zero attached hydrogens (tertiary/aromatic N) is 2. The lowest BCUT2D eigenvalue weighted by molar-refractivity contribution is 0.660. The zero-order valence-corrected chi connectivity index (χ0v) is 14.9. The van der Waals surface area contributed by atoms with Crippen LogP contribution < -0.4 is 10.6 Å². The molecule has 0 atom stereocenters. The number of aliphatic imine (C=N–C) groups is 1. The molecule has 0 amide bonds. The van der Waals surface area contributed by atoms with Gasteiger partial charge in [-0.15, -0.1) is 24.0 Å². The van der Waals surface area contributed by atoms with Crippen LogP contribution in [-0.2, 0) is 6.54 Å². The van der Waals surface area contributed by atoms with Crippen molar-refractivity contribution in [1.82, 2.24) is 15.2 Å². The van der Waals surface area contributed by atoms with E-state index in [9.17, 15) is 0 Å². The van der Waals surface area contributed by atoms with Gasteiger partial charge in [0.15, 0.2) is 5.96 Å². The summed E-state index contributed by atoms with van der Waals surface area (Å²) in [4.78, 5) is 4.20. The molecule has 0 bridgehead atoms. The maximum absolute atomic E-state index is 4.20. The number of unbranched alkanes of at least 4 members (excludes halogenated alkanes) is 1. The third-order valence-corrected chi connectivity index (χ3v) is 3.32. The van der Waals surface area contributed by atoms with Crippen molar-refractivity contribution in [2.24, 2.45) is 4.99 Å². The molecule has 0 saturated carbocycles. The largest absolute Gasteiger partial charge is 0.356 e. The second-order valence-electron chi connectivity index (χ2n) is 4.05. The molecule has 4 nitrogen and oxygen atoms in total. The molecule has 2 N–H and O–H groups in total. The quantitative estimate of drug-likeness (QED) is 0.307. The van der Waals surface area contributed by atoms with Crippen LogP contribution in [0.25, 0.3) is 0 Å². The summed E-state index contributed by atoms with van der Waals surface area (Å²) >= 11 is 1.90. The lowest BCUT2D eigenvalue weighted by atomic mass is 10.3. The zero-order chi connectivity index (χ0) is 13.1. The summed E-state index contributed by atoms with van der Waals surface area (Å²) < 4.78 is 2.15. The van der Waals surface area contributed by atoms with E-state index in [0.717, 1.165) is 25.6 Å². The third-order valence-electron chi connectivity index (χ3n) is 2.62. The molecular formula is C13H25IN4S. The molecule has 0 aliphatic rings. The summed E-state index contributed by atoms with van der Waals surface area (Å²) in [5.41, 5.74) is 0. The SMILES string of the molecule is CN=C(NCCCCSC)NCCn1cccc1.I. The lowest BCUT2D eigenvalue weighted by Crippen LogP contribution is -2.39. The monoisotopic (exact) mass is 396 g/mol. The van der Waals surface area contributed by atoms with E-state index in [-0.39, 0.29) is 24.0 Å². The van der Waals surface area contributed by atoms with Crippen LogP contribution in [0.1, 0.15) is 12.8 Å². The molecule has 0 aliphatic carbocycles. The smallest absolute Gasteiger partial charge is 0.191 e. The normalized spacial score (nSPS) is 10.9. The Morgan fingerprint density at radius 1 is 1.16 bits per heavy atom. The first-order valence-electron chi connectivity index (χ1n) is 6.41. The van der Waals surface area contributed by atoms with Crippen LogP contribution in [0, 0.1) is 0 Å². The number of hydrogen-bond acceptors (Lipinski definition) is 2. The van der Waals surface area contributed by atoms with E-state index < -0.39 is 0 Å². The molecule has 6 heteroatoms. The molecule has 110 valence electrons. The van der Waals surface area contributed by atoms with Crippen molar-refractivity contribution in [3.8, 4) is 0 Å².